The van der Waals surface area contributed by atoms with Crippen LogP contribution in [-0.2, 0) is 11.2 Å². The molecule has 4 heteroatoms. The van der Waals surface area contributed by atoms with Gasteiger partial charge in [-0.25, -0.2) is 13.2 Å². The summed E-state index contributed by atoms with van der Waals surface area (Å²) in [6.45, 7) is 4.77. The van der Waals surface area contributed by atoms with Gasteiger partial charge in [0.25, 0.3) is 0 Å². The van der Waals surface area contributed by atoms with Crippen molar-refractivity contribution in [1.82, 2.24) is 0 Å². The van der Waals surface area contributed by atoms with Crippen molar-refractivity contribution in [2.24, 2.45) is 0 Å². The average molecular weight is 521 g/mol. The molecule has 2 unspecified atom stereocenters. The maximum Gasteiger partial charge on any atom is 0.166 e. The number of aryl methyl sites for hydroxylation is 1. The Bertz CT molecular complexity index is 1210. The number of halogens is 3. The third kappa shape index (κ3) is 6.96. The van der Waals surface area contributed by atoms with Crippen molar-refractivity contribution < 1.29 is 17.9 Å². The summed E-state index contributed by atoms with van der Waals surface area (Å²) in [5, 5.41) is 0. The molecular weight excluding hydrogens is 481 g/mol. The minimum absolute atomic E-state index is 0.200. The maximum atomic E-state index is 15.2. The highest BCUT2D eigenvalue weighted by atomic mass is 19.2. The van der Waals surface area contributed by atoms with Crippen LogP contribution in [0.2, 0.25) is 0 Å². The van der Waals surface area contributed by atoms with Crippen molar-refractivity contribution in [3.63, 3.8) is 0 Å². The summed E-state index contributed by atoms with van der Waals surface area (Å²) in [4.78, 5) is 0. The average Bonchev–Trinajstić information content (AvgIpc) is 2.94. The molecule has 0 aliphatic carbocycles. The summed E-state index contributed by atoms with van der Waals surface area (Å²) in [6, 6.07) is 15.7. The first kappa shape index (κ1) is 28.2. The molecule has 0 bridgehead atoms. The van der Waals surface area contributed by atoms with E-state index in [2.05, 4.69) is 19.1 Å². The van der Waals surface area contributed by atoms with Gasteiger partial charge in [0.15, 0.2) is 11.6 Å². The zero-order valence-electron chi connectivity index (χ0n) is 22.6. The molecule has 1 heterocycles. The highest BCUT2D eigenvalue weighted by Gasteiger charge is 2.23. The van der Waals surface area contributed by atoms with Gasteiger partial charge in [-0.05, 0) is 73.8 Å². The summed E-state index contributed by atoms with van der Waals surface area (Å²) in [5.41, 5.74) is 3.38. The van der Waals surface area contributed by atoms with Gasteiger partial charge in [-0.2, -0.15) is 0 Å². The van der Waals surface area contributed by atoms with Crippen LogP contribution < -0.4 is 0 Å². The third-order valence-corrected chi connectivity index (χ3v) is 7.69. The van der Waals surface area contributed by atoms with Gasteiger partial charge in [-0.1, -0.05) is 86.9 Å². The van der Waals surface area contributed by atoms with E-state index < -0.39 is 11.6 Å². The van der Waals surface area contributed by atoms with Gasteiger partial charge in [0.2, 0.25) is 0 Å². The van der Waals surface area contributed by atoms with Crippen LogP contribution in [0.5, 0.6) is 0 Å². The number of ether oxygens (including phenoxy) is 1. The number of hydrogen-bond donors (Lipinski definition) is 0. The predicted octanol–water partition coefficient (Wildman–Crippen LogP) is 10.2. The summed E-state index contributed by atoms with van der Waals surface area (Å²) in [5.74, 6) is -1.66. The Morgan fingerprint density at radius 1 is 0.842 bits per heavy atom. The van der Waals surface area contributed by atoms with Gasteiger partial charge in [0, 0.05) is 17.0 Å². The van der Waals surface area contributed by atoms with Crippen LogP contribution in [0.4, 0.5) is 13.2 Å². The predicted molar refractivity (Wildman–Crippen MR) is 151 cm³/mol. The van der Waals surface area contributed by atoms with E-state index in [9.17, 15) is 8.78 Å². The molecule has 0 aromatic heterocycles. The van der Waals surface area contributed by atoms with Crippen LogP contribution in [0.3, 0.4) is 0 Å². The van der Waals surface area contributed by atoms with Gasteiger partial charge >= 0.3 is 0 Å². The Kier molecular flexibility index (Phi) is 10.2. The summed E-state index contributed by atoms with van der Waals surface area (Å²) in [7, 11) is 0. The largest absolute Gasteiger partial charge is 0.378 e. The molecule has 0 radical (unpaired) electrons. The second kappa shape index (κ2) is 13.8. The molecule has 1 nitrogen and oxygen atoms in total. The van der Waals surface area contributed by atoms with Crippen LogP contribution in [0.25, 0.3) is 22.3 Å². The van der Waals surface area contributed by atoms with Gasteiger partial charge in [-0.15, -0.1) is 0 Å². The molecule has 3 aromatic rings. The van der Waals surface area contributed by atoms with E-state index in [0.29, 0.717) is 35.3 Å². The summed E-state index contributed by atoms with van der Waals surface area (Å²) in [6.07, 6.45) is 13.2. The fraction of sp³-hybridized carbons (Fsp3) is 0.412. The molecule has 1 saturated heterocycles. The fourth-order valence-corrected chi connectivity index (χ4v) is 5.34. The van der Waals surface area contributed by atoms with Crippen molar-refractivity contribution in [1.29, 1.82) is 0 Å². The third-order valence-electron chi connectivity index (χ3n) is 7.69. The quantitative estimate of drug-likeness (QED) is 0.180. The van der Waals surface area contributed by atoms with Crippen molar-refractivity contribution >= 4 is 0 Å². The number of benzene rings is 3. The zero-order valence-corrected chi connectivity index (χ0v) is 22.6. The van der Waals surface area contributed by atoms with Crippen LogP contribution in [0, 0.1) is 17.5 Å². The standard InChI is InChI=1S/C34H39F3O/c1-3-5-7-9-10-26-17-21-31(34(37)33(26)36)25-14-12-24(13-15-25)30-20-18-27(22-32(30)35)28-16-19-29(38-23-28)11-8-6-4-2/h4,6,12-15,17-18,20-22,28-29H,3,5,7-11,16,19,23H2,1-2H3. The number of rotatable bonds is 11. The molecule has 38 heavy (non-hydrogen) atoms. The van der Waals surface area contributed by atoms with E-state index in [1.54, 1.807) is 42.5 Å². The molecule has 2 atom stereocenters. The summed E-state index contributed by atoms with van der Waals surface area (Å²) < 4.78 is 50.8. The lowest BCUT2D eigenvalue weighted by molar-refractivity contribution is -0.000225. The Morgan fingerprint density at radius 3 is 2.24 bits per heavy atom. The number of unbranched alkanes of at least 4 members (excludes halogenated alkanes) is 3. The Labute approximate surface area is 225 Å². The van der Waals surface area contributed by atoms with E-state index in [4.69, 9.17) is 4.74 Å². The van der Waals surface area contributed by atoms with E-state index in [1.165, 1.54) is 0 Å². The maximum absolute atomic E-state index is 15.2. The lowest BCUT2D eigenvalue weighted by Crippen LogP contribution is -2.24. The molecule has 1 aliphatic heterocycles. The minimum atomic E-state index is -0.819. The smallest absolute Gasteiger partial charge is 0.166 e. The normalized spacial score (nSPS) is 17.8. The fourth-order valence-electron chi connectivity index (χ4n) is 5.34. The topological polar surface area (TPSA) is 9.23 Å². The molecule has 0 amide bonds. The summed E-state index contributed by atoms with van der Waals surface area (Å²) >= 11 is 0. The highest BCUT2D eigenvalue weighted by molar-refractivity contribution is 5.71. The zero-order chi connectivity index (χ0) is 26.9. The monoisotopic (exact) mass is 520 g/mol. The molecule has 202 valence electrons. The lowest BCUT2D eigenvalue weighted by Gasteiger charge is -2.29. The van der Waals surface area contributed by atoms with E-state index in [-0.39, 0.29) is 23.4 Å². The molecule has 1 aliphatic rings. The number of allylic oxidation sites excluding steroid dienone is 2. The highest BCUT2D eigenvalue weighted by Crippen LogP contribution is 2.34. The van der Waals surface area contributed by atoms with Crippen LogP contribution in [-0.4, -0.2) is 12.7 Å². The van der Waals surface area contributed by atoms with Crippen LogP contribution in [0.15, 0.2) is 66.7 Å². The van der Waals surface area contributed by atoms with Gasteiger partial charge in [0.05, 0.1) is 12.7 Å². The van der Waals surface area contributed by atoms with E-state index in [0.717, 1.165) is 56.9 Å². The van der Waals surface area contributed by atoms with Gasteiger partial charge in [-0.3, -0.25) is 0 Å². The van der Waals surface area contributed by atoms with Crippen LogP contribution >= 0.6 is 0 Å². The number of hydrogen-bond acceptors (Lipinski definition) is 1. The van der Waals surface area contributed by atoms with Crippen molar-refractivity contribution in [3.05, 3.63) is 95.3 Å². The molecule has 4 rings (SSSR count). The van der Waals surface area contributed by atoms with E-state index >= 15 is 4.39 Å². The SMILES string of the molecule is CC=CCCC1CCC(c2ccc(-c3ccc(-c4ccc(CCCCCC)c(F)c4F)cc3)c(F)c2)CO1. The van der Waals surface area contributed by atoms with Crippen molar-refractivity contribution in [2.45, 2.75) is 83.7 Å². The Morgan fingerprint density at radius 2 is 1.58 bits per heavy atom. The first-order valence-electron chi connectivity index (χ1n) is 14.1. The molecular formula is C34H39F3O. The van der Waals surface area contributed by atoms with Gasteiger partial charge in [0.1, 0.15) is 5.82 Å². The van der Waals surface area contributed by atoms with E-state index in [1.807, 2.05) is 19.1 Å². The molecule has 0 spiro atoms. The van der Waals surface area contributed by atoms with Crippen LogP contribution in [0.1, 0.15) is 82.3 Å². The minimum Gasteiger partial charge on any atom is -0.378 e. The Hall–Kier alpha value is -2.85. The van der Waals surface area contributed by atoms with Crippen molar-refractivity contribution in [2.75, 3.05) is 6.61 Å². The Balaban J connectivity index is 1.42. The molecule has 1 fully saturated rings. The van der Waals surface area contributed by atoms with Gasteiger partial charge < -0.3 is 4.74 Å². The first-order chi connectivity index (χ1) is 18.5. The van der Waals surface area contributed by atoms with Crippen molar-refractivity contribution in [3.8, 4) is 22.3 Å². The molecule has 0 N–H and O–H groups in total. The lowest BCUT2D eigenvalue weighted by atomic mass is 9.89. The second-order valence-corrected chi connectivity index (χ2v) is 10.4. The molecule has 0 saturated carbocycles. The second-order valence-electron chi connectivity index (χ2n) is 10.4. The first-order valence-corrected chi connectivity index (χ1v) is 14.1. The molecule has 3 aromatic carbocycles.